The topological polar surface area (TPSA) is 87.2 Å². The molecule has 1 saturated carbocycles. The average molecular weight is 372 g/mol. The van der Waals surface area contributed by atoms with Gasteiger partial charge in [-0.1, -0.05) is 17.7 Å². The summed E-state index contributed by atoms with van der Waals surface area (Å²) in [5.41, 5.74) is 0.443. The molecule has 2 heterocycles. The Balaban J connectivity index is 1.58. The zero-order chi connectivity index (χ0) is 19.2. The number of carbonyl (C=O) groups excluding carboxylic acids is 2. The van der Waals surface area contributed by atoms with Crippen LogP contribution in [0.3, 0.4) is 0 Å². The van der Waals surface area contributed by atoms with E-state index >= 15 is 0 Å². The van der Waals surface area contributed by atoms with Crippen LogP contribution < -0.4 is 0 Å². The number of carboxylic acids is 1. The molecule has 1 aromatic rings. The van der Waals surface area contributed by atoms with Gasteiger partial charge in [0, 0.05) is 37.4 Å². The standard InChI is InChI=1S/C20H24N2O5/c1-13-3-2-4-15(11-13)18(24)22-16(19(25)26)12-27-20(22)7-9-21(10-8-20)17(23)14-5-6-14/h2-4,11,14,16H,5-10,12H2,1H3,(H,25,26)/t16-/m0/s1. The van der Waals surface area contributed by atoms with Crippen LogP contribution in [0.4, 0.5) is 0 Å². The van der Waals surface area contributed by atoms with Gasteiger partial charge in [-0.25, -0.2) is 4.79 Å². The van der Waals surface area contributed by atoms with Crippen molar-refractivity contribution < 1.29 is 24.2 Å². The first kappa shape index (κ1) is 18.0. The van der Waals surface area contributed by atoms with E-state index in [1.54, 1.807) is 18.2 Å². The van der Waals surface area contributed by atoms with Crippen LogP contribution in [0.15, 0.2) is 24.3 Å². The third-order valence-corrected chi connectivity index (χ3v) is 5.81. The molecular weight excluding hydrogens is 348 g/mol. The van der Waals surface area contributed by atoms with Crippen molar-refractivity contribution in [3.63, 3.8) is 0 Å². The maximum absolute atomic E-state index is 13.2. The molecule has 2 aliphatic heterocycles. The summed E-state index contributed by atoms with van der Waals surface area (Å²) in [5.74, 6) is -1.07. The average Bonchev–Trinajstić information content (AvgIpc) is 3.44. The molecule has 1 aromatic carbocycles. The number of benzene rings is 1. The number of ether oxygens (including phenoxy) is 1. The van der Waals surface area contributed by atoms with E-state index in [0.717, 1.165) is 18.4 Å². The summed E-state index contributed by atoms with van der Waals surface area (Å²) >= 11 is 0. The number of hydrogen-bond acceptors (Lipinski definition) is 4. The van der Waals surface area contributed by atoms with Gasteiger partial charge in [0.05, 0.1) is 6.61 Å². The van der Waals surface area contributed by atoms with Crippen molar-refractivity contribution in [1.82, 2.24) is 9.80 Å². The summed E-state index contributed by atoms with van der Waals surface area (Å²) in [6, 6.07) is 6.14. The molecule has 0 unspecified atom stereocenters. The molecule has 1 N–H and O–H groups in total. The Morgan fingerprint density at radius 3 is 2.48 bits per heavy atom. The molecule has 1 atom stereocenters. The molecule has 1 spiro atoms. The van der Waals surface area contributed by atoms with Gasteiger partial charge in [-0.15, -0.1) is 0 Å². The van der Waals surface area contributed by atoms with Gasteiger partial charge < -0.3 is 14.7 Å². The second-order valence-electron chi connectivity index (χ2n) is 7.76. The molecule has 1 aliphatic carbocycles. The molecule has 3 aliphatic rings. The summed E-state index contributed by atoms with van der Waals surface area (Å²) < 4.78 is 5.93. The smallest absolute Gasteiger partial charge is 0.328 e. The highest BCUT2D eigenvalue weighted by Crippen LogP contribution is 2.40. The first-order valence-corrected chi connectivity index (χ1v) is 9.47. The summed E-state index contributed by atoms with van der Waals surface area (Å²) in [6.07, 6.45) is 2.78. The molecule has 7 nitrogen and oxygen atoms in total. The highest BCUT2D eigenvalue weighted by atomic mass is 16.5. The van der Waals surface area contributed by atoms with Crippen LogP contribution in [0.2, 0.25) is 0 Å². The second kappa shape index (κ2) is 6.64. The Hall–Kier alpha value is -2.41. The third kappa shape index (κ3) is 3.20. The summed E-state index contributed by atoms with van der Waals surface area (Å²) in [5, 5.41) is 9.63. The normalized spacial score (nSPS) is 24.3. The Morgan fingerprint density at radius 1 is 1.19 bits per heavy atom. The molecule has 2 amide bonds. The summed E-state index contributed by atoms with van der Waals surface area (Å²) in [4.78, 5) is 40.6. The number of aliphatic carboxylic acids is 1. The van der Waals surface area contributed by atoms with E-state index < -0.39 is 17.7 Å². The number of hydrogen-bond donors (Lipinski definition) is 1. The fraction of sp³-hybridized carbons (Fsp3) is 0.550. The van der Waals surface area contributed by atoms with Gasteiger partial charge in [0.1, 0.15) is 5.72 Å². The molecule has 27 heavy (non-hydrogen) atoms. The fourth-order valence-corrected chi connectivity index (χ4v) is 4.14. The molecule has 0 radical (unpaired) electrons. The summed E-state index contributed by atoms with van der Waals surface area (Å²) in [7, 11) is 0. The van der Waals surface area contributed by atoms with E-state index in [2.05, 4.69) is 0 Å². The van der Waals surface area contributed by atoms with Crippen LogP contribution >= 0.6 is 0 Å². The Bertz CT molecular complexity index is 780. The Kier molecular flexibility index (Phi) is 4.42. The van der Waals surface area contributed by atoms with Crippen molar-refractivity contribution in [2.75, 3.05) is 19.7 Å². The van der Waals surface area contributed by atoms with E-state index in [4.69, 9.17) is 4.74 Å². The number of piperidine rings is 1. The molecule has 3 fully saturated rings. The van der Waals surface area contributed by atoms with Crippen LogP contribution in [0, 0.1) is 12.8 Å². The third-order valence-electron chi connectivity index (χ3n) is 5.81. The van der Waals surface area contributed by atoms with Crippen molar-refractivity contribution in [2.45, 2.75) is 44.4 Å². The van der Waals surface area contributed by atoms with Gasteiger partial charge in [-0.05, 0) is 31.9 Å². The number of nitrogens with zero attached hydrogens (tertiary/aromatic N) is 2. The first-order valence-electron chi connectivity index (χ1n) is 9.47. The SMILES string of the molecule is Cc1cccc(C(=O)N2[C@H](C(=O)O)COC23CCN(C(=O)C2CC2)CC3)c1. The quantitative estimate of drug-likeness (QED) is 0.872. The molecule has 0 bridgehead atoms. The maximum Gasteiger partial charge on any atom is 0.328 e. The number of carbonyl (C=O) groups is 3. The molecule has 7 heteroatoms. The maximum atomic E-state index is 13.2. The van der Waals surface area contributed by atoms with Crippen LogP contribution in [0.1, 0.15) is 41.6 Å². The van der Waals surface area contributed by atoms with Crippen molar-refractivity contribution >= 4 is 17.8 Å². The van der Waals surface area contributed by atoms with Crippen molar-refractivity contribution in [3.05, 3.63) is 35.4 Å². The van der Waals surface area contributed by atoms with E-state index in [9.17, 15) is 19.5 Å². The lowest BCUT2D eigenvalue weighted by atomic mass is 9.96. The molecule has 0 aromatic heterocycles. The molecule has 2 saturated heterocycles. The lowest BCUT2D eigenvalue weighted by molar-refractivity contribution is -0.148. The number of aryl methyl sites for hydroxylation is 1. The van der Waals surface area contributed by atoms with E-state index in [-0.39, 0.29) is 24.3 Å². The second-order valence-corrected chi connectivity index (χ2v) is 7.76. The van der Waals surface area contributed by atoms with Gasteiger partial charge in [0.15, 0.2) is 6.04 Å². The van der Waals surface area contributed by atoms with Gasteiger partial charge in [-0.3, -0.25) is 14.5 Å². The summed E-state index contributed by atoms with van der Waals surface area (Å²) in [6.45, 7) is 2.84. The minimum Gasteiger partial charge on any atom is -0.480 e. The van der Waals surface area contributed by atoms with Crippen molar-refractivity contribution in [3.8, 4) is 0 Å². The Morgan fingerprint density at radius 2 is 1.89 bits per heavy atom. The number of carboxylic acid groups (broad SMARTS) is 1. The predicted octanol–water partition coefficient (Wildman–Crippen LogP) is 1.65. The highest BCUT2D eigenvalue weighted by molar-refractivity contribution is 5.97. The van der Waals surface area contributed by atoms with Crippen LogP contribution in [0.25, 0.3) is 0 Å². The number of rotatable bonds is 3. The molecule has 144 valence electrons. The van der Waals surface area contributed by atoms with Gasteiger partial charge in [0.25, 0.3) is 5.91 Å². The lowest BCUT2D eigenvalue weighted by Gasteiger charge is -2.44. The lowest BCUT2D eigenvalue weighted by Crippen LogP contribution is -2.58. The molecule has 4 rings (SSSR count). The van der Waals surface area contributed by atoms with Gasteiger partial charge in [0.2, 0.25) is 5.91 Å². The van der Waals surface area contributed by atoms with Gasteiger partial charge >= 0.3 is 5.97 Å². The molecular formula is C20H24N2O5. The number of likely N-dealkylation sites (tertiary alicyclic amines) is 1. The van der Waals surface area contributed by atoms with Crippen molar-refractivity contribution in [1.29, 1.82) is 0 Å². The van der Waals surface area contributed by atoms with E-state index in [1.165, 1.54) is 4.90 Å². The van der Waals surface area contributed by atoms with Crippen LogP contribution in [-0.4, -0.2) is 64.2 Å². The van der Waals surface area contributed by atoms with Gasteiger partial charge in [-0.2, -0.15) is 0 Å². The minimum atomic E-state index is -1.07. The fourth-order valence-electron chi connectivity index (χ4n) is 4.14. The zero-order valence-corrected chi connectivity index (χ0v) is 15.4. The highest BCUT2D eigenvalue weighted by Gasteiger charge is 2.54. The number of amides is 2. The minimum absolute atomic E-state index is 0.0243. The van der Waals surface area contributed by atoms with Crippen LogP contribution in [-0.2, 0) is 14.3 Å². The van der Waals surface area contributed by atoms with E-state index in [1.807, 2.05) is 17.9 Å². The monoisotopic (exact) mass is 372 g/mol. The zero-order valence-electron chi connectivity index (χ0n) is 15.4. The van der Waals surface area contributed by atoms with E-state index in [0.29, 0.717) is 31.5 Å². The predicted molar refractivity (Wildman–Crippen MR) is 96.0 cm³/mol. The first-order chi connectivity index (χ1) is 12.9. The Labute approximate surface area is 157 Å². The van der Waals surface area contributed by atoms with Crippen LogP contribution in [0.5, 0.6) is 0 Å². The largest absolute Gasteiger partial charge is 0.480 e. The van der Waals surface area contributed by atoms with Crippen molar-refractivity contribution in [2.24, 2.45) is 5.92 Å².